The molecule has 4 rings (SSSR count). The van der Waals surface area contributed by atoms with Crippen LogP contribution in [0.5, 0.6) is 0 Å². The summed E-state index contributed by atoms with van der Waals surface area (Å²) in [6.07, 6.45) is 0.562. The Balaban J connectivity index is 1.64. The molecule has 0 radical (unpaired) electrons. The lowest BCUT2D eigenvalue weighted by molar-refractivity contribution is -0.566. The maximum atomic E-state index is 11.9. The van der Waals surface area contributed by atoms with E-state index in [4.69, 9.17) is 0 Å². The van der Waals surface area contributed by atoms with Gasteiger partial charge in [0, 0.05) is 24.4 Å². The first-order valence-corrected chi connectivity index (χ1v) is 7.68. The van der Waals surface area contributed by atoms with E-state index < -0.39 is 5.54 Å². The van der Waals surface area contributed by atoms with E-state index in [9.17, 15) is 10.1 Å². The highest BCUT2D eigenvalue weighted by atomic mass is 16.6. The van der Waals surface area contributed by atoms with Crippen LogP contribution in [0.3, 0.4) is 0 Å². The lowest BCUT2D eigenvalue weighted by Gasteiger charge is -2.20. The third-order valence-electron chi connectivity index (χ3n) is 5.13. The molecule has 0 unspecified atom stereocenters. The third kappa shape index (κ3) is 1.95. The van der Waals surface area contributed by atoms with Crippen LogP contribution in [0.25, 0.3) is 0 Å². The van der Waals surface area contributed by atoms with E-state index in [0.29, 0.717) is 13.0 Å². The fraction of sp³-hybridized carbons (Fsp3) is 0.333. The zero-order valence-corrected chi connectivity index (χ0v) is 12.3. The van der Waals surface area contributed by atoms with Crippen LogP contribution < -0.4 is 0 Å². The van der Waals surface area contributed by atoms with Crippen LogP contribution in [0.15, 0.2) is 54.6 Å². The predicted molar refractivity (Wildman–Crippen MR) is 84.3 cm³/mol. The van der Waals surface area contributed by atoms with Gasteiger partial charge in [-0.05, 0) is 16.7 Å². The highest BCUT2D eigenvalue weighted by Gasteiger charge is 2.61. The van der Waals surface area contributed by atoms with Crippen molar-refractivity contribution >= 4 is 0 Å². The largest absolute Gasteiger partial charge is 0.291 e. The highest BCUT2D eigenvalue weighted by Crippen LogP contribution is 2.48. The number of nitro groups is 1. The number of fused-ring (bicyclic) bond motifs is 3. The second kappa shape index (κ2) is 4.92. The topological polar surface area (TPSA) is 46.4 Å². The Morgan fingerprint density at radius 1 is 1.14 bits per heavy atom. The van der Waals surface area contributed by atoms with E-state index in [1.165, 1.54) is 11.1 Å². The van der Waals surface area contributed by atoms with Gasteiger partial charge in [-0.15, -0.1) is 0 Å². The van der Waals surface area contributed by atoms with Gasteiger partial charge in [0.15, 0.2) is 0 Å². The molecule has 0 saturated carbocycles. The minimum atomic E-state index is -0.835. The van der Waals surface area contributed by atoms with Crippen molar-refractivity contribution in [3.63, 3.8) is 0 Å². The molecule has 0 amide bonds. The minimum absolute atomic E-state index is 0.0161. The zero-order chi connectivity index (χ0) is 15.2. The summed E-state index contributed by atoms with van der Waals surface area (Å²) in [6, 6.07) is 18.3. The second-order valence-corrected chi connectivity index (χ2v) is 6.44. The van der Waals surface area contributed by atoms with Crippen LogP contribution >= 0.6 is 0 Å². The molecule has 1 heterocycles. The lowest BCUT2D eigenvalue weighted by Crippen LogP contribution is -2.43. The van der Waals surface area contributed by atoms with Crippen molar-refractivity contribution in [3.05, 3.63) is 81.4 Å². The van der Waals surface area contributed by atoms with E-state index in [2.05, 4.69) is 23.1 Å². The molecule has 0 N–H and O–H groups in total. The first kappa shape index (κ1) is 13.5. The summed E-state index contributed by atoms with van der Waals surface area (Å²) in [5.41, 5.74) is 2.71. The predicted octanol–water partition coefficient (Wildman–Crippen LogP) is 2.86. The number of hydrogen-bond donors (Lipinski definition) is 0. The van der Waals surface area contributed by atoms with E-state index in [1.54, 1.807) is 0 Å². The van der Waals surface area contributed by atoms with Gasteiger partial charge < -0.3 is 0 Å². The van der Waals surface area contributed by atoms with Crippen molar-refractivity contribution in [2.24, 2.45) is 0 Å². The normalized spacial score (nSPS) is 26.6. The van der Waals surface area contributed by atoms with Gasteiger partial charge in [0.1, 0.15) is 0 Å². The average Bonchev–Trinajstić information content (AvgIpc) is 3.02. The summed E-state index contributed by atoms with van der Waals surface area (Å²) >= 11 is 0. The Morgan fingerprint density at radius 3 is 2.64 bits per heavy atom. The van der Waals surface area contributed by atoms with Crippen molar-refractivity contribution in [1.82, 2.24) is 4.90 Å². The summed E-state index contributed by atoms with van der Waals surface area (Å²) in [4.78, 5) is 14.1. The molecule has 1 aliphatic carbocycles. The number of benzene rings is 2. The van der Waals surface area contributed by atoms with Crippen LogP contribution in [-0.4, -0.2) is 28.5 Å². The van der Waals surface area contributed by atoms with Gasteiger partial charge in [-0.3, -0.25) is 15.0 Å². The zero-order valence-electron chi connectivity index (χ0n) is 12.3. The van der Waals surface area contributed by atoms with Gasteiger partial charge in [0.05, 0.1) is 12.5 Å². The molecular weight excluding hydrogens is 276 g/mol. The van der Waals surface area contributed by atoms with Gasteiger partial charge in [-0.25, -0.2) is 0 Å². The number of likely N-dealkylation sites (tertiary alicyclic amines) is 1. The number of rotatable bonds is 3. The molecule has 0 spiro atoms. The van der Waals surface area contributed by atoms with Gasteiger partial charge in [0.2, 0.25) is 5.54 Å². The molecule has 4 heteroatoms. The second-order valence-electron chi connectivity index (χ2n) is 6.44. The molecule has 2 aromatic carbocycles. The summed E-state index contributed by atoms with van der Waals surface area (Å²) in [7, 11) is 0. The van der Waals surface area contributed by atoms with Gasteiger partial charge >= 0.3 is 0 Å². The van der Waals surface area contributed by atoms with Crippen LogP contribution in [0, 0.1) is 10.1 Å². The monoisotopic (exact) mass is 294 g/mol. The quantitative estimate of drug-likeness (QED) is 0.646. The van der Waals surface area contributed by atoms with Gasteiger partial charge in [-0.2, -0.15) is 0 Å². The lowest BCUT2D eigenvalue weighted by atomic mass is 9.89. The van der Waals surface area contributed by atoms with E-state index in [-0.39, 0.29) is 10.8 Å². The molecule has 112 valence electrons. The third-order valence-corrected chi connectivity index (χ3v) is 5.13. The van der Waals surface area contributed by atoms with Crippen LogP contribution in [0.2, 0.25) is 0 Å². The first-order valence-electron chi connectivity index (χ1n) is 7.68. The van der Waals surface area contributed by atoms with Crippen LogP contribution in [0.4, 0.5) is 0 Å². The molecular formula is C18H18N2O2. The molecule has 2 atom stereocenters. The maximum absolute atomic E-state index is 11.9. The number of hydrogen-bond acceptors (Lipinski definition) is 3. The fourth-order valence-electron chi connectivity index (χ4n) is 4.13. The maximum Gasteiger partial charge on any atom is 0.246 e. The molecule has 1 aliphatic heterocycles. The molecule has 0 aromatic heterocycles. The van der Waals surface area contributed by atoms with Crippen molar-refractivity contribution in [2.45, 2.75) is 24.4 Å². The van der Waals surface area contributed by atoms with Gasteiger partial charge in [-0.1, -0.05) is 54.6 Å². The Kier molecular flexibility index (Phi) is 3.01. The Bertz CT molecular complexity index is 716. The summed E-state index contributed by atoms with van der Waals surface area (Å²) in [5.74, 6) is 0.0161. The molecule has 2 aliphatic rings. The smallest absolute Gasteiger partial charge is 0.246 e. The van der Waals surface area contributed by atoms with Crippen molar-refractivity contribution < 1.29 is 4.92 Å². The van der Waals surface area contributed by atoms with E-state index in [1.807, 2.05) is 36.4 Å². The Morgan fingerprint density at radius 2 is 1.86 bits per heavy atom. The minimum Gasteiger partial charge on any atom is -0.291 e. The van der Waals surface area contributed by atoms with Crippen molar-refractivity contribution in [2.75, 3.05) is 13.1 Å². The van der Waals surface area contributed by atoms with E-state index in [0.717, 1.165) is 18.7 Å². The molecule has 1 saturated heterocycles. The van der Waals surface area contributed by atoms with Gasteiger partial charge in [0.25, 0.3) is 0 Å². The molecule has 4 nitrogen and oxygen atoms in total. The highest BCUT2D eigenvalue weighted by molar-refractivity contribution is 5.42. The van der Waals surface area contributed by atoms with E-state index >= 15 is 0 Å². The first-order chi connectivity index (χ1) is 10.7. The van der Waals surface area contributed by atoms with Crippen molar-refractivity contribution in [3.8, 4) is 0 Å². The molecule has 1 fully saturated rings. The molecule has 22 heavy (non-hydrogen) atoms. The fourth-order valence-corrected chi connectivity index (χ4v) is 4.13. The molecule has 2 aromatic rings. The summed E-state index contributed by atoms with van der Waals surface area (Å²) < 4.78 is 0. The summed E-state index contributed by atoms with van der Waals surface area (Å²) in [5, 5.41) is 11.9. The Hall–Kier alpha value is -2.20. The SMILES string of the molecule is O=[N+]([O-])[C@]12Cc3ccccc3[C@H]1CN(Cc1ccccc1)C2. The van der Waals surface area contributed by atoms with Crippen LogP contribution in [0.1, 0.15) is 22.6 Å². The average molecular weight is 294 g/mol. The standard InChI is InChI=1S/C18H18N2O2/c21-20(22)18-10-15-8-4-5-9-16(15)17(18)12-19(13-18)11-14-6-2-1-3-7-14/h1-9,17H,10-13H2/t17-,18+/m1/s1. The summed E-state index contributed by atoms with van der Waals surface area (Å²) in [6.45, 7) is 2.09. The number of nitrogens with zero attached hydrogens (tertiary/aromatic N) is 2. The van der Waals surface area contributed by atoms with Crippen molar-refractivity contribution in [1.29, 1.82) is 0 Å². The molecule has 0 bridgehead atoms. The Labute approximate surface area is 129 Å². The van der Waals surface area contributed by atoms with Crippen LogP contribution in [-0.2, 0) is 13.0 Å².